The van der Waals surface area contributed by atoms with Crippen molar-refractivity contribution in [3.05, 3.63) is 64.2 Å². The highest BCUT2D eigenvalue weighted by Crippen LogP contribution is 2.31. The van der Waals surface area contributed by atoms with E-state index in [2.05, 4.69) is 5.32 Å². The lowest BCUT2D eigenvalue weighted by molar-refractivity contribution is 0.0857. The summed E-state index contributed by atoms with van der Waals surface area (Å²) in [7, 11) is 0. The predicted octanol–water partition coefficient (Wildman–Crippen LogP) is 3.01. The van der Waals surface area contributed by atoms with Gasteiger partial charge in [0.05, 0.1) is 22.9 Å². The van der Waals surface area contributed by atoms with Crippen LogP contribution in [0, 0.1) is 13.8 Å². The van der Waals surface area contributed by atoms with E-state index in [1.54, 1.807) is 18.2 Å². The number of benzene rings is 2. The van der Waals surface area contributed by atoms with Gasteiger partial charge in [-0.1, -0.05) is 17.7 Å². The number of ether oxygens (including phenoxy) is 1. The summed E-state index contributed by atoms with van der Waals surface area (Å²) in [5.74, 6) is -1.04. The maximum atomic E-state index is 12.9. The summed E-state index contributed by atoms with van der Waals surface area (Å²) in [5, 5.41) is 2.84. The van der Waals surface area contributed by atoms with E-state index in [9.17, 15) is 14.4 Å². The molecule has 144 valence electrons. The molecule has 0 aromatic heterocycles. The van der Waals surface area contributed by atoms with Crippen molar-refractivity contribution in [2.24, 2.45) is 0 Å². The first-order valence-electron chi connectivity index (χ1n) is 9.45. The zero-order valence-electron chi connectivity index (χ0n) is 16.0. The van der Waals surface area contributed by atoms with Crippen molar-refractivity contribution >= 4 is 23.4 Å². The molecule has 6 nitrogen and oxygen atoms in total. The van der Waals surface area contributed by atoms with E-state index in [0.717, 1.165) is 30.6 Å². The van der Waals surface area contributed by atoms with Crippen LogP contribution in [0.2, 0.25) is 0 Å². The molecule has 4 rings (SSSR count). The number of carbonyl (C=O) groups is 3. The summed E-state index contributed by atoms with van der Waals surface area (Å²) in [6.45, 7) is 5.00. The number of nitrogens with zero attached hydrogens (tertiary/aromatic N) is 1. The Balaban J connectivity index is 1.57. The molecule has 0 saturated carbocycles. The number of nitrogens with one attached hydrogen (secondary N) is 1. The molecular formula is C22H22N2O4. The van der Waals surface area contributed by atoms with E-state index < -0.39 is 5.91 Å². The highest BCUT2D eigenvalue weighted by Gasteiger charge is 2.37. The number of fused-ring (bicyclic) bond motifs is 1. The summed E-state index contributed by atoms with van der Waals surface area (Å²) in [6, 6.07) is 10.2. The molecule has 28 heavy (non-hydrogen) atoms. The monoisotopic (exact) mass is 378 g/mol. The van der Waals surface area contributed by atoms with Crippen LogP contribution < -0.4 is 10.2 Å². The molecule has 1 fully saturated rings. The molecule has 0 aliphatic carbocycles. The second-order valence-electron chi connectivity index (χ2n) is 7.34. The lowest BCUT2D eigenvalue weighted by Gasteiger charge is -2.16. The Morgan fingerprint density at radius 1 is 1.11 bits per heavy atom. The number of imide groups is 1. The second-order valence-corrected chi connectivity index (χ2v) is 7.34. The molecule has 3 amide bonds. The molecule has 2 aromatic rings. The first kappa shape index (κ1) is 18.4. The fraction of sp³-hybridized carbons (Fsp3) is 0.318. The Bertz CT molecular complexity index is 976. The van der Waals surface area contributed by atoms with Crippen molar-refractivity contribution in [1.82, 2.24) is 5.32 Å². The maximum absolute atomic E-state index is 12.9. The van der Waals surface area contributed by atoms with Gasteiger partial charge in [-0.2, -0.15) is 0 Å². The highest BCUT2D eigenvalue weighted by molar-refractivity contribution is 6.35. The van der Waals surface area contributed by atoms with Gasteiger partial charge in [-0.3, -0.25) is 14.4 Å². The predicted molar refractivity (Wildman–Crippen MR) is 105 cm³/mol. The van der Waals surface area contributed by atoms with Crippen molar-refractivity contribution in [1.29, 1.82) is 0 Å². The molecule has 2 aromatic carbocycles. The van der Waals surface area contributed by atoms with Crippen LogP contribution in [0.15, 0.2) is 36.4 Å². The molecular weight excluding hydrogens is 356 g/mol. The van der Waals surface area contributed by atoms with E-state index >= 15 is 0 Å². The molecule has 1 atom stereocenters. The van der Waals surface area contributed by atoms with E-state index in [1.807, 2.05) is 26.0 Å². The Labute approximate surface area is 163 Å². The van der Waals surface area contributed by atoms with Crippen molar-refractivity contribution in [2.45, 2.75) is 32.8 Å². The second kappa shape index (κ2) is 7.20. The SMILES string of the molecule is Cc1ccc(N2C(=O)c3ccc(C(=O)NCC4CCCO4)cc3C2=O)c(C)c1. The van der Waals surface area contributed by atoms with Crippen molar-refractivity contribution < 1.29 is 19.1 Å². The smallest absolute Gasteiger partial charge is 0.266 e. The minimum Gasteiger partial charge on any atom is -0.376 e. The molecule has 0 bridgehead atoms. The zero-order chi connectivity index (χ0) is 19.8. The highest BCUT2D eigenvalue weighted by atomic mass is 16.5. The van der Waals surface area contributed by atoms with Gasteiger partial charge in [-0.15, -0.1) is 0 Å². The molecule has 2 heterocycles. The van der Waals surface area contributed by atoms with Crippen molar-refractivity contribution in [3.63, 3.8) is 0 Å². The van der Waals surface area contributed by atoms with Crippen LogP contribution in [0.5, 0.6) is 0 Å². The van der Waals surface area contributed by atoms with Gasteiger partial charge >= 0.3 is 0 Å². The Morgan fingerprint density at radius 3 is 2.61 bits per heavy atom. The number of hydrogen-bond donors (Lipinski definition) is 1. The number of carbonyl (C=O) groups excluding carboxylic acids is 3. The van der Waals surface area contributed by atoms with Crippen molar-refractivity contribution in [2.75, 3.05) is 18.1 Å². The lowest BCUT2D eigenvalue weighted by atomic mass is 10.1. The zero-order valence-corrected chi connectivity index (χ0v) is 16.0. The normalized spacial score (nSPS) is 18.5. The Kier molecular flexibility index (Phi) is 4.73. The Morgan fingerprint density at radius 2 is 1.89 bits per heavy atom. The van der Waals surface area contributed by atoms with Crippen LogP contribution in [0.4, 0.5) is 5.69 Å². The van der Waals surface area contributed by atoms with Crippen molar-refractivity contribution in [3.8, 4) is 0 Å². The topological polar surface area (TPSA) is 75.7 Å². The third-order valence-electron chi connectivity index (χ3n) is 5.26. The van der Waals surface area contributed by atoms with Gasteiger partial charge in [-0.05, 0) is 56.5 Å². The standard InChI is InChI=1S/C22H22N2O4/c1-13-5-8-19(14(2)10-13)24-21(26)17-7-6-15(11-18(17)22(24)27)20(25)23-12-16-4-3-9-28-16/h5-8,10-11,16H,3-4,9,12H2,1-2H3,(H,23,25). The van der Waals surface area contributed by atoms with Gasteiger partial charge in [0.2, 0.25) is 0 Å². The van der Waals surface area contributed by atoms with Crippen LogP contribution in [0.25, 0.3) is 0 Å². The fourth-order valence-corrected chi connectivity index (χ4v) is 3.77. The van der Waals surface area contributed by atoms with Crippen LogP contribution >= 0.6 is 0 Å². The van der Waals surface area contributed by atoms with E-state index in [1.165, 1.54) is 11.0 Å². The fourth-order valence-electron chi connectivity index (χ4n) is 3.77. The minimum absolute atomic E-state index is 0.0431. The van der Waals surface area contributed by atoms with Gasteiger partial charge in [0, 0.05) is 18.7 Å². The lowest BCUT2D eigenvalue weighted by Crippen LogP contribution is -2.32. The van der Waals surface area contributed by atoms with Crippen LogP contribution in [0.1, 0.15) is 55.0 Å². The van der Waals surface area contributed by atoms with E-state index in [-0.39, 0.29) is 23.5 Å². The minimum atomic E-state index is -0.402. The average molecular weight is 378 g/mol. The summed E-state index contributed by atoms with van der Waals surface area (Å²) in [4.78, 5) is 39.4. The number of amides is 3. The van der Waals surface area contributed by atoms with Crippen LogP contribution in [-0.2, 0) is 4.74 Å². The number of rotatable bonds is 4. The Hall–Kier alpha value is -2.99. The van der Waals surface area contributed by atoms with Gasteiger partial charge in [0.15, 0.2) is 0 Å². The summed E-state index contributed by atoms with van der Waals surface area (Å²) in [6.07, 6.45) is 1.98. The molecule has 0 spiro atoms. The largest absolute Gasteiger partial charge is 0.376 e. The first-order chi connectivity index (χ1) is 13.5. The third kappa shape index (κ3) is 3.20. The number of anilines is 1. The first-order valence-corrected chi connectivity index (χ1v) is 9.45. The molecule has 1 N–H and O–H groups in total. The van der Waals surface area contributed by atoms with Crippen LogP contribution in [-0.4, -0.2) is 37.0 Å². The molecule has 0 radical (unpaired) electrons. The maximum Gasteiger partial charge on any atom is 0.266 e. The summed E-state index contributed by atoms with van der Waals surface area (Å²) >= 11 is 0. The molecule has 2 aliphatic heterocycles. The molecule has 6 heteroatoms. The molecule has 2 aliphatic rings. The number of hydrogen-bond acceptors (Lipinski definition) is 4. The molecule has 1 saturated heterocycles. The van der Waals surface area contributed by atoms with Gasteiger partial charge < -0.3 is 10.1 Å². The summed E-state index contributed by atoms with van der Waals surface area (Å²) < 4.78 is 5.51. The third-order valence-corrected chi connectivity index (χ3v) is 5.26. The average Bonchev–Trinajstić information content (AvgIpc) is 3.28. The molecule has 1 unspecified atom stereocenters. The van der Waals surface area contributed by atoms with Gasteiger partial charge in [0.1, 0.15) is 0 Å². The summed E-state index contributed by atoms with van der Waals surface area (Å²) in [5.41, 5.74) is 3.42. The quantitative estimate of drug-likeness (QED) is 0.830. The number of aryl methyl sites for hydroxylation is 2. The van der Waals surface area contributed by atoms with E-state index in [4.69, 9.17) is 4.74 Å². The van der Waals surface area contributed by atoms with E-state index in [0.29, 0.717) is 23.4 Å². The van der Waals surface area contributed by atoms with Crippen LogP contribution in [0.3, 0.4) is 0 Å². The van der Waals surface area contributed by atoms with Gasteiger partial charge in [-0.25, -0.2) is 4.90 Å². The van der Waals surface area contributed by atoms with Gasteiger partial charge in [0.25, 0.3) is 17.7 Å².